The van der Waals surface area contributed by atoms with Crippen LogP contribution in [0.3, 0.4) is 0 Å². The number of carbonyl (C=O) groups is 1. The highest BCUT2D eigenvalue weighted by molar-refractivity contribution is 5.94. The summed E-state index contributed by atoms with van der Waals surface area (Å²) in [7, 11) is 1.49. The number of nitrogens with two attached hydrogens (primary N) is 1. The predicted octanol–water partition coefficient (Wildman–Crippen LogP) is 0.686. The van der Waals surface area contributed by atoms with Gasteiger partial charge in [-0.2, -0.15) is 0 Å². The van der Waals surface area contributed by atoms with Gasteiger partial charge in [-0.3, -0.25) is 4.79 Å². The van der Waals surface area contributed by atoms with Gasteiger partial charge in [0.1, 0.15) is 11.9 Å². The lowest BCUT2D eigenvalue weighted by Crippen LogP contribution is -2.39. The Labute approximate surface area is 107 Å². The number of hydrogen-bond donors (Lipinski definition) is 2. The van der Waals surface area contributed by atoms with Gasteiger partial charge in [0.25, 0.3) is 0 Å². The van der Waals surface area contributed by atoms with E-state index in [0.29, 0.717) is 5.69 Å². The summed E-state index contributed by atoms with van der Waals surface area (Å²) in [6.45, 7) is 6.24. The number of hydrogen-bond acceptors (Lipinski definition) is 5. The van der Waals surface area contributed by atoms with Gasteiger partial charge in [0.15, 0.2) is 0 Å². The molecule has 1 atom stereocenters. The second-order valence-corrected chi connectivity index (χ2v) is 5.10. The zero-order valence-electron chi connectivity index (χ0n) is 11.2. The SMILES string of the molecule is COCC(N)C(=O)Nc1cnc(C(C)(C)C)nc1. The third-order valence-corrected chi connectivity index (χ3v) is 2.27. The van der Waals surface area contributed by atoms with Gasteiger partial charge >= 0.3 is 0 Å². The van der Waals surface area contributed by atoms with Gasteiger partial charge in [0, 0.05) is 12.5 Å². The largest absolute Gasteiger partial charge is 0.383 e. The summed E-state index contributed by atoms with van der Waals surface area (Å²) in [5, 5.41) is 2.64. The van der Waals surface area contributed by atoms with Crippen molar-refractivity contribution in [3.8, 4) is 0 Å². The van der Waals surface area contributed by atoms with Crippen molar-refractivity contribution in [3.63, 3.8) is 0 Å². The van der Waals surface area contributed by atoms with Crippen molar-refractivity contribution >= 4 is 11.6 Å². The van der Waals surface area contributed by atoms with E-state index in [0.717, 1.165) is 5.82 Å². The molecule has 0 fully saturated rings. The highest BCUT2D eigenvalue weighted by Gasteiger charge is 2.17. The maximum Gasteiger partial charge on any atom is 0.243 e. The number of rotatable bonds is 4. The van der Waals surface area contributed by atoms with Crippen LogP contribution in [0.2, 0.25) is 0 Å². The van der Waals surface area contributed by atoms with E-state index in [1.165, 1.54) is 7.11 Å². The first-order valence-electron chi connectivity index (χ1n) is 5.72. The first-order chi connectivity index (χ1) is 8.34. The van der Waals surface area contributed by atoms with Crippen LogP contribution in [0.5, 0.6) is 0 Å². The second-order valence-electron chi connectivity index (χ2n) is 5.10. The number of amides is 1. The fourth-order valence-electron chi connectivity index (χ4n) is 1.27. The number of nitrogens with one attached hydrogen (secondary N) is 1. The van der Waals surface area contributed by atoms with Gasteiger partial charge in [-0.15, -0.1) is 0 Å². The Morgan fingerprint density at radius 1 is 1.44 bits per heavy atom. The fraction of sp³-hybridized carbons (Fsp3) is 0.583. The van der Waals surface area contributed by atoms with E-state index in [-0.39, 0.29) is 17.9 Å². The van der Waals surface area contributed by atoms with E-state index in [4.69, 9.17) is 10.5 Å². The molecule has 1 heterocycles. The second kappa shape index (κ2) is 5.88. The molecular weight excluding hydrogens is 232 g/mol. The van der Waals surface area contributed by atoms with E-state index >= 15 is 0 Å². The first kappa shape index (κ1) is 14.5. The molecule has 0 aliphatic rings. The van der Waals surface area contributed by atoms with Crippen molar-refractivity contribution in [2.75, 3.05) is 19.0 Å². The van der Waals surface area contributed by atoms with Crippen LogP contribution in [-0.4, -0.2) is 35.6 Å². The van der Waals surface area contributed by atoms with Gasteiger partial charge in [-0.25, -0.2) is 9.97 Å². The summed E-state index contributed by atoms with van der Waals surface area (Å²) in [4.78, 5) is 20.0. The van der Waals surface area contributed by atoms with Gasteiger partial charge in [0.2, 0.25) is 5.91 Å². The van der Waals surface area contributed by atoms with Crippen LogP contribution in [0, 0.1) is 0 Å². The van der Waals surface area contributed by atoms with Gasteiger partial charge in [-0.05, 0) is 0 Å². The quantitative estimate of drug-likeness (QED) is 0.822. The molecule has 0 aliphatic carbocycles. The maximum atomic E-state index is 11.6. The summed E-state index contributed by atoms with van der Waals surface area (Å²) in [6, 6.07) is -0.697. The number of nitrogens with zero attached hydrogens (tertiary/aromatic N) is 2. The smallest absolute Gasteiger partial charge is 0.243 e. The fourth-order valence-corrected chi connectivity index (χ4v) is 1.27. The van der Waals surface area contributed by atoms with Crippen LogP contribution < -0.4 is 11.1 Å². The molecule has 1 aromatic heterocycles. The Morgan fingerprint density at radius 2 is 2.00 bits per heavy atom. The molecule has 6 heteroatoms. The molecule has 0 aromatic carbocycles. The van der Waals surface area contributed by atoms with Gasteiger partial charge in [-0.1, -0.05) is 20.8 Å². The standard InChI is InChI=1S/C12H20N4O2/c1-12(2,3)11-14-5-8(6-15-11)16-10(17)9(13)7-18-4/h5-6,9H,7,13H2,1-4H3,(H,16,17). The minimum absolute atomic E-state index is 0.116. The first-order valence-corrected chi connectivity index (χ1v) is 5.72. The van der Waals surface area contributed by atoms with Crippen LogP contribution in [0.25, 0.3) is 0 Å². The summed E-state index contributed by atoms with van der Waals surface area (Å²) in [5.41, 5.74) is 6.01. The van der Waals surface area contributed by atoms with Gasteiger partial charge < -0.3 is 15.8 Å². The van der Waals surface area contributed by atoms with E-state index in [1.807, 2.05) is 20.8 Å². The minimum Gasteiger partial charge on any atom is -0.383 e. The van der Waals surface area contributed by atoms with Crippen LogP contribution >= 0.6 is 0 Å². The summed E-state index contributed by atoms with van der Waals surface area (Å²) in [6.07, 6.45) is 3.15. The Balaban J connectivity index is 2.67. The van der Waals surface area contributed by atoms with Crippen LogP contribution in [0.4, 0.5) is 5.69 Å². The number of aromatic nitrogens is 2. The molecular formula is C12H20N4O2. The topological polar surface area (TPSA) is 90.1 Å². The Kier molecular flexibility index (Phi) is 4.75. The van der Waals surface area contributed by atoms with E-state index < -0.39 is 6.04 Å². The van der Waals surface area contributed by atoms with E-state index in [2.05, 4.69) is 15.3 Å². The zero-order chi connectivity index (χ0) is 13.8. The van der Waals surface area contributed by atoms with Gasteiger partial charge in [0.05, 0.1) is 24.7 Å². The number of methoxy groups -OCH3 is 1. The molecule has 100 valence electrons. The molecule has 0 bridgehead atoms. The Bertz CT molecular complexity index is 398. The van der Waals surface area contributed by atoms with Crippen molar-refractivity contribution in [1.82, 2.24) is 9.97 Å². The van der Waals surface area contributed by atoms with E-state index in [1.54, 1.807) is 12.4 Å². The molecule has 3 N–H and O–H groups in total. The zero-order valence-corrected chi connectivity index (χ0v) is 11.2. The Morgan fingerprint density at radius 3 is 2.44 bits per heavy atom. The molecule has 0 saturated heterocycles. The minimum atomic E-state index is -0.697. The lowest BCUT2D eigenvalue weighted by atomic mass is 9.96. The molecule has 6 nitrogen and oxygen atoms in total. The molecule has 1 rings (SSSR count). The lowest BCUT2D eigenvalue weighted by molar-refractivity contribution is -0.118. The molecule has 18 heavy (non-hydrogen) atoms. The third-order valence-electron chi connectivity index (χ3n) is 2.27. The lowest BCUT2D eigenvalue weighted by Gasteiger charge is -2.16. The maximum absolute atomic E-state index is 11.6. The average Bonchev–Trinajstić information content (AvgIpc) is 2.28. The number of ether oxygens (including phenoxy) is 1. The summed E-state index contributed by atoms with van der Waals surface area (Å²) < 4.78 is 4.81. The van der Waals surface area contributed by atoms with Crippen molar-refractivity contribution in [1.29, 1.82) is 0 Å². The molecule has 1 aromatic rings. The number of carbonyl (C=O) groups excluding carboxylic acids is 1. The van der Waals surface area contributed by atoms with E-state index in [9.17, 15) is 4.79 Å². The molecule has 0 saturated carbocycles. The van der Waals surface area contributed by atoms with Crippen LogP contribution in [-0.2, 0) is 14.9 Å². The van der Waals surface area contributed by atoms with Crippen LogP contribution in [0.1, 0.15) is 26.6 Å². The average molecular weight is 252 g/mol. The monoisotopic (exact) mass is 252 g/mol. The summed E-state index contributed by atoms with van der Waals surface area (Å²) in [5.74, 6) is 0.408. The molecule has 0 spiro atoms. The highest BCUT2D eigenvalue weighted by Crippen LogP contribution is 2.18. The number of anilines is 1. The highest BCUT2D eigenvalue weighted by atomic mass is 16.5. The molecule has 1 amide bonds. The third kappa shape index (κ3) is 4.05. The van der Waals surface area contributed by atoms with Crippen molar-refractivity contribution < 1.29 is 9.53 Å². The van der Waals surface area contributed by atoms with Crippen molar-refractivity contribution in [2.45, 2.75) is 32.2 Å². The Hall–Kier alpha value is -1.53. The summed E-state index contributed by atoms with van der Waals surface area (Å²) >= 11 is 0. The van der Waals surface area contributed by atoms with Crippen molar-refractivity contribution in [3.05, 3.63) is 18.2 Å². The van der Waals surface area contributed by atoms with Crippen LogP contribution in [0.15, 0.2) is 12.4 Å². The normalized spacial score (nSPS) is 13.2. The predicted molar refractivity (Wildman–Crippen MR) is 69.2 cm³/mol. The van der Waals surface area contributed by atoms with Crippen molar-refractivity contribution in [2.24, 2.45) is 5.73 Å². The molecule has 1 unspecified atom stereocenters. The molecule has 0 aliphatic heterocycles. The molecule has 0 radical (unpaired) electrons.